The molecule has 0 saturated heterocycles. The predicted octanol–water partition coefficient (Wildman–Crippen LogP) is 2.48. The maximum atomic E-state index is 11.0. The molecule has 0 fully saturated rings. The van der Waals surface area contributed by atoms with E-state index in [0.717, 1.165) is 11.8 Å². The zero-order valence-corrected chi connectivity index (χ0v) is 10.8. The van der Waals surface area contributed by atoms with Crippen LogP contribution < -0.4 is 0 Å². The normalized spacial score (nSPS) is 10.2. The number of halogens is 1. The van der Waals surface area contributed by atoms with Gasteiger partial charge in [0.2, 0.25) is 0 Å². The lowest BCUT2D eigenvalue weighted by atomic mass is 10.3. The van der Waals surface area contributed by atoms with E-state index in [1.165, 1.54) is 12.3 Å². The molecule has 2 rings (SSSR count). The summed E-state index contributed by atoms with van der Waals surface area (Å²) in [6.07, 6.45) is 4.72. The Labute approximate surface area is 109 Å². The number of rotatable bonds is 3. The maximum Gasteiger partial charge on any atom is 0.338 e. The highest BCUT2D eigenvalue weighted by atomic mass is 79.9. The minimum atomic E-state index is -1.03. The molecule has 0 bridgehead atoms. The number of carbonyl (C=O) groups is 1. The molecule has 7 heteroatoms. The van der Waals surface area contributed by atoms with Crippen LogP contribution in [-0.2, 0) is 0 Å². The molecule has 0 aliphatic carbocycles. The molecule has 0 radical (unpaired) electrons. The number of hydrogen-bond acceptors (Lipinski definition) is 5. The second-order valence-corrected chi connectivity index (χ2v) is 4.82. The lowest BCUT2D eigenvalue weighted by molar-refractivity contribution is 0.0692. The van der Waals surface area contributed by atoms with Gasteiger partial charge in [0.05, 0.1) is 5.56 Å². The van der Waals surface area contributed by atoms with Gasteiger partial charge in [-0.1, -0.05) is 0 Å². The molecule has 0 aromatic carbocycles. The van der Waals surface area contributed by atoms with Gasteiger partial charge in [-0.05, 0) is 39.8 Å². The molecule has 0 aliphatic rings. The fourth-order valence-electron chi connectivity index (χ4n) is 1.09. The van der Waals surface area contributed by atoms with Crippen LogP contribution in [0.3, 0.4) is 0 Å². The molecule has 17 heavy (non-hydrogen) atoms. The number of aromatic carboxylic acids is 1. The Balaban J connectivity index is 2.36. The summed E-state index contributed by atoms with van der Waals surface area (Å²) in [5.74, 6) is -1.03. The third kappa shape index (κ3) is 3.01. The first-order valence-corrected chi connectivity index (χ1v) is 6.11. The Kier molecular flexibility index (Phi) is 3.70. The summed E-state index contributed by atoms with van der Waals surface area (Å²) in [7, 11) is 0. The molecule has 86 valence electrons. The Bertz CT molecular complexity index is 551. The number of pyridine rings is 1. The third-order valence-electron chi connectivity index (χ3n) is 1.78. The van der Waals surface area contributed by atoms with Crippen LogP contribution in [0.25, 0.3) is 0 Å². The number of carboxylic acids is 1. The van der Waals surface area contributed by atoms with Crippen molar-refractivity contribution in [1.82, 2.24) is 15.0 Å². The SMILES string of the molecule is O=C(O)c1cc(Br)cnc1Sc1ncccn1. The zero-order valence-electron chi connectivity index (χ0n) is 8.37. The Morgan fingerprint density at radius 2 is 2.00 bits per heavy atom. The first kappa shape index (κ1) is 12.0. The molecule has 2 aromatic rings. The summed E-state index contributed by atoms with van der Waals surface area (Å²) in [6.45, 7) is 0. The topological polar surface area (TPSA) is 76.0 Å². The van der Waals surface area contributed by atoms with Gasteiger partial charge in [-0.2, -0.15) is 0 Å². The maximum absolute atomic E-state index is 11.0. The molecule has 0 atom stereocenters. The van der Waals surface area contributed by atoms with Crippen LogP contribution in [0.1, 0.15) is 10.4 Å². The minimum absolute atomic E-state index is 0.122. The van der Waals surface area contributed by atoms with E-state index in [1.807, 2.05) is 0 Å². The van der Waals surface area contributed by atoms with Crippen LogP contribution in [0.15, 0.2) is 45.4 Å². The molecule has 2 heterocycles. The molecule has 0 unspecified atom stereocenters. The molecule has 0 spiro atoms. The average Bonchev–Trinajstić information content (AvgIpc) is 2.32. The second-order valence-electron chi connectivity index (χ2n) is 2.94. The van der Waals surface area contributed by atoms with Gasteiger partial charge in [0, 0.05) is 23.1 Å². The van der Waals surface area contributed by atoms with Crippen LogP contribution in [0, 0.1) is 0 Å². The Morgan fingerprint density at radius 1 is 1.29 bits per heavy atom. The van der Waals surface area contributed by atoms with Crippen molar-refractivity contribution in [2.24, 2.45) is 0 Å². The summed E-state index contributed by atoms with van der Waals surface area (Å²) < 4.78 is 0.619. The first-order chi connectivity index (χ1) is 8.16. The fourth-order valence-corrected chi connectivity index (χ4v) is 2.18. The number of carboxylic acid groups (broad SMARTS) is 1. The highest BCUT2D eigenvalue weighted by Gasteiger charge is 2.14. The van der Waals surface area contributed by atoms with Gasteiger partial charge in [-0.25, -0.2) is 19.7 Å². The van der Waals surface area contributed by atoms with E-state index in [0.29, 0.717) is 14.7 Å². The smallest absolute Gasteiger partial charge is 0.338 e. The number of hydrogen-bond donors (Lipinski definition) is 1. The van der Waals surface area contributed by atoms with Gasteiger partial charge in [0.25, 0.3) is 0 Å². The van der Waals surface area contributed by atoms with Gasteiger partial charge < -0.3 is 5.11 Å². The van der Waals surface area contributed by atoms with E-state index < -0.39 is 5.97 Å². The van der Waals surface area contributed by atoms with E-state index in [9.17, 15) is 4.79 Å². The summed E-state index contributed by atoms with van der Waals surface area (Å²) in [5.41, 5.74) is 0.122. The van der Waals surface area contributed by atoms with Crippen LogP contribution in [0.5, 0.6) is 0 Å². The van der Waals surface area contributed by atoms with E-state index in [2.05, 4.69) is 30.9 Å². The molecule has 0 aliphatic heterocycles. The lowest BCUT2D eigenvalue weighted by Crippen LogP contribution is -2.01. The molecule has 1 N–H and O–H groups in total. The van der Waals surface area contributed by atoms with Gasteiger partial charge in [-0.3, -0.25) is 0 Å². The van der Waals surface area contributed by atoms with Crippen molar-refractivity contribution in [1.29, 1.82) is 0 Å². The molecule has 0 saturated carbocycles. The standard InChI is InChI=1S/C10H6BrN3O2S/c11-6-4-7(9(15)16)8(14-5-6)17-10-12-2-1-3-13-10/h1-5H,(H,15,16). The largest absolute Gasteiger partial charge is 0.478 e. The van der Waals surface area contributed by atoms with Gasteiger partial charge in [0.1, 0.15) is 5.03 Å². The van der Waals surface area contributed by atoms with Crippen molar-refractivity contribution in [3.8, 4) is 0 Å². The fraction of sp³-hybridized carbons (Fsp3) is 0. The van der Waals surface area contributed by atoms with Crippen molar-refractivity contribution in [2.75, 3.05) is 0 Å². The second kappa shape index (κ2) is 5.24. The van der Waals surface area contributed by atoms with E-state index in [1.54, 1.807) is 18.5 Å². The van der Waals surface area contributed by atoms with Crippen LogP contribution >= 0.6 is 27.7 Å². The van der Waals surface area contributed by atoms with Crippen molar-refractivity contribution >= 4 is 33.7 Å². The van der Waals surface area contributed by atoms with Crippen LogP contribution in [0.4, 0.5) is 0 Å². The van der Waals surface area contributed by atoms with Crippen LogP contribution in [0.2, 0.25) is 0 Å². The summed E-state index contributed by atoms with van der Waals surface area (Å²) in [6, 6.07) is 3.19. The van der Waals surface area contributed by atoms with Crippen molar-refractivity contribution in [2.45, 2.75) is 10.2 Å². The first-order valence-electron chi connectivity index (χ1n) is 4.50. The summed E-state index contributed by atoms with van der Waals surface area (Å²) in [4.78, 5) is 23.1. The highest BCUT2D eigenvalue weighted by Crippen LogP contribution is 2.27. The van der Waals surface area contributed by atoms with Gasteiger partial charge >= 0.3 is 5.97 Å². The number of nitrogens with zero attached hydrogens (tertiary/aromatic N) is 3. The van der Waals surface area contributed by atoms with E-state index in [4.69, 9.17) is 5.11 Å². The molecular formula is C10H6BrN3O2S. The monoisotopic (exact) mass is 311 g/mol. The van der Waals surface area contributed by atoms with Crippen molar-refractivity contribution in [3.63, 3.8) is 0 Å². The summed E-state index contributed by atoms with van der Waals surface area (Å²) >= 11 is 4.30. The molecule has 0 amide bonds. The highest BCUT2D eigenvalue weighted by molar-refractivity contribution is 9.10. The summed E-state index contributed by atoms with van der Waals surface area (Å²) in [5, 5.41) is 9.88. The van der Waals surface area contributed by atoms with E-state index in [-0.39, 0.29) is 5.56 Å². The molecule has 5 nitrogen and oxygen atoms in total. The van der Waals surface area contributed by atoms with Crippen molar-refractivity contribution in [3.05, 3.63) is 40.8 Å². The van der Waals surface area contributed by atoms with E-state index >= 15 is 0 Å². The zero-order chi connectivity index (χ0) is 12.3. The lowest BCUT2D eigenvalue weighted by Gasteiger charge is -2.03. The minimum Gasteiger partial charge on any atom is -0.478 e. The van der Waals surface area contributed by atoms with Crippen LogP contribution in [-0.4, -0.2) is 26.0 Å². The molecule has 2 aromatic heterocycles. The number of aromatic nitrogens is 3. The Morgan fingerprint density at radius 3 is 2.65 bits per heavy atom. The Hall–Kier alpha value is -1.47. The predicted molar refractivity (Wildman–Crippen MR) is 65.1 cm³/mol. The molecular weight excluding hydrogens is 306 g/mol. The average molecular weight is 312 g/mol. The quantitative estimate of drug-likeness (QED) is 0.878. The van der Waals surface area contributed by atoms with Crippen molar-refractivity contribution < 1.29 is 9.90 Å². The third-order valence-corrected chi connectivity index (χ3v) is 3.12. The van der Waals surface area contributed by atoms with Gasteiger partial charge in [0.15, 0.2) is 5.16 Å². The van der Waals surface area contributed by atoms with Gasteiger partial charge in [-0.15, -0.1) is 0 Å².